The van der Waals surface area contributed by atoms with Gasteiger partial charge in [-0.05, 0) is 40.5 Å². The Morgan fingerprint density at radius 1 is 0.826 bits per heavy atom. The Hall–Kier alpha value is 0.260. The van der Waals surface area contributed by atoms with E-state index >= 15 is 0 Å². The van der Waals surface area contributed by atoms with Gasteiger partial charge in [0.1, 0.15) is 0 Å². The molecule has 23 heavy (non-hydrogen) atoms. The third-order valence-corrected chi connectivity index (χ3v) is 9.24. The van der Waals surface area contributed by atoms with E-state index in [4.69, 9.17) is 18.1 Å². The molecule has 0 unspecified atom stereocenters. The van der Waals surface area contributed by atoms with Gasteiger partial charge in [0.15, 0.2) is 0 Å². The van der Waals surface area contributed by atoms with E-state index in [0.717, 1.165) is 25.7 Å². The maximum atomic E-state index is 13.3. The molecule has 0 bridgehead atoms. The SMILES string of the molecule is CCOP(=O)(OCC)C(NC1CCCC1)P(=O)(OCC)OCC. The van der Waals surface area contributed by atoms with Crippen molar-refractivity contribution in [2.45, 2.75) is 64.9 Å². The second kappa shape index (κ2) is 10.3. The number of nitrogens with one attached hydrogen (secondary N) is 1. The van der Waals surface area contributed by atoms with E-state index in [1.807, 2.05) is 0 Å². The first-order valence-corrected chi connectivity index (χ1v) is 11.7. The Morgan fingerprint density at radius 3 is 1.48 bits per heavy atom. The molecular weight excluding hydrogens is 340 g/mol. The summed E-state index contributed by atoms with van der Waals surface area (Å²) in [6, 6.07) is 0.114. The van der Waals surface area contributed by atoms with Gasteiger partial charge < -0.3 is 18.1 Å². The number of hydrogen-bond acceptors (Lipinski definition) is 7. The lowest BCUT2D eigenvalue weighted by Crippen LogP contribution is -2.38. The monoisotopic (exact) mass is 371 g/mol. The molecule has 0 spiro atoms. The van der Waals surface area contributed by atoms with Gasteiger partial charge in [-0.15, -0.1) is 0 Å². The molecule has 1 saturated carbocycles. The maximum absolute atomic E-state index is 13.3. The van der Waals surface area contributed by atoms with Gasteiger partial charge in [-0.3, -0.25) is 14.4 Å². The van der Waals surface area contributed by atoms with Crippen molar-refractivity contribution in [3.63, 3.8) is 0 Å². The van der Waals surface area contributed by atoms with Gasteiger partial charge in [0.05, 0.1) is 26.4 Å². The van der Waals surface area contributed by atoms with E-state index < -0.39 is 20.7 Å². The molecule has 0 atom stereocenters. The molecule has 0 aromatic rings. The smallest absolute Gasteiger partial charge is 0.307 e. The summed E-state index contributed by atoms with van der Waals surface area (Å²) < 4.78 is 48.2. The van der Waals surface area contributed by atoms with Crippen LogP contribution in [0.25, 0.3) is 0 Å². The quantitative estimate of drug-likeness (QED) is 0.511. The first-order valence-electron chi connectivity index (χ1n) is 8.49. The highest BCUT2D eigenvalue weighted by atomic mass is 31.2. The van der Waals surface area contributed by atoms with Gasteiger partial charge >= 0.3 is 15.2 Å². The highest BCUT2D eigenvalue weighted by Crippen LogP contribution is 2.69. The molecule has 0 radical (unpaired) electrons. The lowest BCUT2D eigenvalue weighted by Gasteiger charge is -2.33. The summed E-state index contributed by atoms with van der Waals surface area (Å²) in [5.41, 5.74) is -1.10. The molecule has 7 nitrogen and oxygen atoms in total. The van der Waals surface area contributed by atoms with E-state index in [9.17, 15) is 9.13 Å². The molecule has 0 heterocycles. The third kappa shape index (κ3) is 5.93. The van der Waals surface area contributed by atoms with Crippen LogP contribution in [-0.4, -0.2) is 38.0 Å². The third-order valence-electron chi connectivity index (χ3n) is 3.58. The van der Waals surface area contributed by atoms with Crippen LogP contribution in [0.3, 0.4) is 0 Å². The van der Waals surface area contributed by atoms with E-state index in [-0.39, 0.29) is 32.5 Å². The molecule has 1 aliphatic rings. The summed E-state index contributed by atoms with van der Waals surface area (Å²) in [7, 11) is -7.37. The zero-order valence-corrected chi connectivity index (χ0v) is 16.4. The molecule has 0 aliphatic heterocycles. The molecule has 1 N–H and O–H groups in total. The molecule has 0 saturated heterocycles. The summed E-state index contributed by atoms with van der Waals surface area (Å²) in [5, 5.41) is 3.21. The van der Waals surface area contributed by atoms with Crippen molar-refractivity contribution in [3.8, 4) is 0 Å². The zero-order chi connectivity index (χ0) is 17.3. The van der Waals surface area contributed by atoms with Gasteiger partial charge in [-0.25, -0.2) is 0 Å². The van der Waals surface area contributed by atoms with Crippen molar-refractivity contribution in [3.05, 3.63) is 0 Å². The van der Waals surface area contributed by atoms with E-state index in [1.54, 1.807) is 27.7 Å². The summed E-state index contributed by atoms with van der Waals surface area (Å²) in [4.78, 5) is 0. The Balaban J connectivity index is 3.15. The first kappa shape index (κ1) is 21.3. The van der Waals surface area contributed by atoms with Crippen molar-refractivity contribution < 1.29 is 27.2 Å². The number of rotatable bonds is 12. The largest absolute Gasteiger partial charge is 0.359 e. The lowest BCUT2D eigenvalue weighted by atomic mass is 10.3. The molecule has 138 valence electrons. The fourth-order valence-electron chi connectivity index (χ4n) is 2.74. The van der Waals surface area contributed by atoms with Crippen LogP contribution in [0.1, 0.15) is 53.4 Å². The van der Waals surface area contributed by atoms with Crippen LogP contribution >= 0.6 is 15.2 Å². The van der Waals surface area contributed by atoms with Crippen LogP contribution in [0.2, 0.25) is 0 Å². The highest BCUT2D eigenvalue weighted by molar-refractivity contribution is 7.72. The molecular formula is C14H31NO6P2. The van der Waals surface area contributed by atoms with Crippen LogP contribution in [0.5, 0.6) is 0 Å². The highest BCUT2D eigenvalue weighted by Gasteiger charge is 2.51. The minimum Gasteiger partial charge on any atom is -0.307 e. The molecule has 0 aromatic heterocycles. The predicted octanol–water partition coefficient (Wildman–Crippen LogP) is 4.33. The summed E-state index contributed by atoms with van der Waals surface area (Å²) in [6.07, 6.45) is 4.05. The molecule has 1 rings (SSSR count). The lowest BCUT2D eigenvalue weighted by molar-refractivity contribution is 0.187. The normalized spacial score (nSPS) is 17.3. The van der Waals surface area contributed by atoms with Crippen LogP contribution in [-0.2, 0) is 27.2 Å². The Bertz CT molecular complexity index is 377. The Kier molecular flexibility index (Phi) is 9.54. The van der Waals surface area contributed by atoms with E-state index in [2.05, 4.69) is 5.32 Å². The molecule has 9 heteroatoms. The van der Waals surface area contributed by atoms with Gasteiger partial charge in [-0.2, -0.15) is 0 Å². The molecule has 0 aromatic carbocycles. The van der Waals surface area contributed by atoms with Gasteiger partial charge in [-0.1, -0.05) is 12.8 Å². The molecule has 0 amide bonds. The van der Waals surface area contributed by atoms with Crippen molar-refractivity contribution in [2.75, 3.05) is 26.4 Å². The Morgan fingerprint density at radius 2 is 1.17 bits per heavy atom. The van der Waals surface area contributed by atoms with Crippen molar-refractivity contribution in [1.29, 1.82) is 0 Å². The summed E-state index contributed by atoms with van der Waals surface area (Å²) in [5.74, 6) is 0. The topological polar surface area (TPSA) is 83.1 Å². The average Bonchev–Trinajstić information content (AvgIpc) is 2.98. The second-order valence-electron chi connectivity index (χ2n) is 5.27. The minimum absolute atomic E-state index is 0.114. The van der Waals surface area contributed by atoms with E-state index in [0.29, 0.717) is 0 Å². The molecule has 1 fully saturated rings. The second-order valence-corrected chi connectivity index (χ2v) is 9.90. The van der Waals surface area contributed by atoms with Gasteiger partial charge in [0.25, 0.3) is 0 Å². The van der Waals surface area contributed by atoms with Crippen LogP contribution < -0.4 is 5.32 Å². The van der Waals surface area contributed by atoms with Crippen molar-refractivity contribution in [1.82, 2.24) is 5.32 Å². The molecule has 1 aliphatic carbocycles. The number of hydrogen-bond donors (Lipinski definition) is 1. The average molecular weight is 371 g/mol. The van der Waals surface area contributed by atoms with Crippen molar-refractivity contribution >= 4 is 15.2 Å². The fourth-order valence-corrected chi connectivity index (χ4v) is 7.86. The van der Waals surface area contributed by atoms with E-state index in [1.165, 1.54) is 0 Å². The summed E-state index contributed by atoms with van der Waals surface area (Å²) >= 11 is 0. The predicted molar refractivity (Wildman–Crippen MR) is 90.9 cm³/mol. The maximum Gasteiger partial charge on any atom is 0.359 e. The summed E-state index contributed by atoms with van der Waals surface area (Å²) in [6.45, 7) is 7.68. The Labute approximate surface area is 139 Å². The zero-order valence-electron chi connectivity index (χ0n) is 14.7. The van der Waals surface area contributed by atoms with Gasteiger partial charge in [0, 0.05) is 6.04 Å². The standard InChI is InChI=1S/C14H31NO6P2/c1-5-18-22(16,19-6-2)14(15-13-11-9-10-12-13)23(17,20-7-3)21-8-4/h13-15H,5-12H2,1-4H3. The van der Waals surface area contributed by atoms with Crippen LogP contribution in [0, 0.1) is 0 Å². The van der Waals surface area contributed by atoms with Crippen molar-refractivity contribution in [2.24, 2.45) is 0 Å². The van der Waals surface area contributed by atoms with Gasteiger partial charge in [0.2, 0.25) is 5.52 Å². The minimum atomic E-state index is -3.69. The first-order chi connectivity index (χ1) is 11.0. The van der Waals surface area contributed by atoms with Crippen LogP contribution in [0.4, 0.5) is 0 Å². The fraction of sp³-hybridized carbons (Fsp3) is 1.00. The van der Waals surface area contributed by atoms with Crippen LogP contribution in [0.15, 0.2) is 0 Å².